The molecular formula is C16H27NO. The first-order valence-electron chi connectivity index (χ1n) is 6.75. The molecule has 102 valence electrons. The Labute approximate surface area is 112 Å². The lowest BCUT2D eigenvalue weighted by Gasteiger charge is -2.27. The lowest BCUT2D eigenvalue weighted by Crippen LogP contribution is -2.39. The summed E-state index contributed by atoms with van der Waals surface area (Å²) >= 11 is 0. The second kappa shape index (κ2) is 6.91. The van der Waals surface area contributed by atoms with Crippen LogP contribution in [-0.4, -0.2) is 25.3 Å². The van der Waals surface area contributed by atoms with Crippen molar-refractivity contribution in [3.63, 3.8) is 0 Å². The molecule has 0 aliphatic rings. The van der Waals surface area contributed by atoms with Crippen molar-refractivity contribution in [2.45, 2.75) is 51.7 Å². The minimum atomic E-state index is 0.156. The second-order valence-corrected chi connectivity index (χ2v) is 6.02. The van der Waals surface area contributed by atoms with E-state index in [0.717, 1.165) is 13.0 Å². The fraction of sp³-hybridized carbons (Fsp3) is 0.625. The molecule has 1 rings (SSSR count). The van der Waals surface area contributed by atoms with E-state index in [-0.39, 0.29) is 11.6 Å². The fourth-order valence-corrected chi connectivity index (χ4v) is 1.99. The summed E-state index contributed by atoms with van der Waals surface area (Å²) in [5, 5.41) is 3.59. The van der Waals surface area contributed by atoms with Crippen LogP contribution in [-0.2, 0) is 4.74 Å². The summed E-state index contributed by atoms with van der Waals surface area (Å²) in [7, 11) is 1.78. The van der Waals surface area contributed by atoms with E-state index in [0.29, 0.717) is 5.92 Å². The van der Waals surface area contributed by atoms with Gasteiger partial charge in [0.1, 0.15) is 0 Å². The lowest BCUT2D eigenvalue weighted by atomic mass is 9.92. The minimum absolute atomic E-state index is 0.156. The van der Waals surface area contributed by atoms with E-state index in [1.807, 2.05) is 0 Å². The Morgan fingerprint density at radius 3 is 2.28 bits per heavy atom. The molecule has 1 aromatic carbocycles. The first-order chi connectivity index (χ1) is 8.42. The van der Waals surface area contributed by atoms with Gasteiger partial charge >= 0.3 is 0 Å². The van der Waals surface area contributed by atoms with E-state index in [1.54, 1.807) is 7.11 Å². The molecule has 0 bridgehead atoms. The van der Waals surface area contributed by atoms with Gasteiger partial charge in [0.2, 0.25) is 0 Å². The van der Waals surface area contributed by atoms with Crippen LogP contribution in [0.25, 0.3) is 0 Å². The van der Waals surface area contributed by atoms with Crippen molar-refractivity contribution in [2.24, 2.45) is 0 Å². The minimum Gasteiger partial charge on any atom is -0.382 e. The lowest BCUT2D eigenvalue weighted by molar-refractivity contribution is 0.103. The largest absolute Gasteiger partial charge is 0.382 e. The molecule has 1 N–H and O–H groups in total. The maximum atomic E-state index is 5.41. The molecule has 0 aliphatic heterocycles. The van der Waals surface area contributed by atoms with Crippen LogP contribution in [0.1, 0.15) is 45.6 Å². The highest BCUT2D eigenvalue weighted by Crippen LogP contribution is 2.22. The van der Waals surface area contributed by atoms with Crippen LogP contribution in [0.3, 0.4) is 0 Å². The van der Waals surface area contributed by atoms with E-state index in [9.17, 15) is 0 Å². The maximum absolute atomic E-state index is 5.41. The Balaban J connectivity index is 2.69. The number of ether oxygens (including phenoxy) is 1. The summed E-state index contributed by atoms with van der Waals surface area (Å²) in [6.07, 6.45) is 1.33. The van der Waals surface area contributed by atoms with Gasteiger partial charge in [0, 0.05) is 19.2 Å². The van der Waals surface area contributed by atoms with Gasteiger partial charge in [-0.25, -0.2) is 0 Å². The molecule has 0 fully saturated rings. The Kier molecular flexibility index (Phi) is 5.83. The molecule has 2 nitrogen and oxygen atoms in total. The molecule has 2 atom stereocenters. The summed E-state index contributed by atoms with van der Waals surface area (Å²) in [6, 6.07) is 10.7. The van der Waals surface area contributed by atoms with E-state index in [2.05, 4.69) is 63.3 Å². The van der Waals surface area contributed by atoms with Gasteiger partial charge in [-0.05, 0) is 45.6 Å². The second-order valence-electron chi connectivity index (χ2n) is 6.02. The molecule has 0 heterocycles. The maximum Gasteiger partial charge on any atom is 0.0549 e. The average Bonchev–Trinajstić information content (AvgIpc) is 2.34. The molecule has 18 heavy (non-hydrogen) atoms. The Hall–Kier alpha value is -0.860. The van der Waals surface area contributed by atoms with Gasteiger partial charge in [0.05, 0.1) is 6.10 Å². The highest BCUT2D eigenvalue weighted by atomic mass is 16.5. The first kappa shape index (κ1) is 15.2. The van der Waals surface area contributed by atoms with E-state index in [4.69, 9.17) is 4.74 Å². The van der Waals surface area contributed by atoms with Gasteiger partial charge in [0.15, 0.2) is 0 Å². The van der Waals surface area contributed by atoms with Crippen LogP contribution < -0.4 is 5.32 Å². The topological polar surface area (TPSA) is 21.3 Å². The summed E-state index contributed by atoms with van der Waals surface area (Å²) in [5.41, 5.74) is 1.54. The molecule has 1 aromatic rings. The molecule has 0 radical (unpaired) electrons. The van der Waals surface area contributed by atoms with Crippen LogP contribution >= 0.6 is 0 Å². The normalized spacial score (nSPS) is 15.4. The quantitative estimate of drug-likeness (QED) is 0.832. The number of nitrogens with one attached hydrogen (secondary N) is 1. The van der Waals surface area contributed by atoms with Crippen molar-refractivity contribution in [3.8, 4) is 0 Å². The van der Waals surface area contributed by atoms with Crippen LogP contribution in [0.15, 0.2) is 30.3 Å². The zero-order valence-corrected chi connectivity index (χ0v) is 12.4. The number of methoxy groups -OCH3 is 1. The van der Waals surface area contributed by atoms with Crippen LogP contribution in [0, 0.1) is 0 Å². The Morgan fingerprint density at radius 1 is 1.17 bits per heavy atom. The van der Waals surface area contributed by atoms with Gasteiger partial charge in [-0.3, -0.25) is 0 Å². The van der Waals surface area contributed by atoms with Gasteiger partial charge in [-0.1, -0.05) is 30.3 Å². The third-order valence-electron chi connectivity index (χ3n) is 3.17. The monoisotopic (exact) mass is 249 g/mol. The van der Waals surface area contributed by atoms with Crippen molar-refractivity contribution < 1.29 is 4.74 Å². The highest BCUT2D eigenvalue weighted by Gasteiger charge is 2.18. The number of hydrogen-bond donors (Lipinski definition) is 1. The average molecular weight is 249 g/mol. The zero-order valence-electron chi connectivity index (χ0n) is 12.4. The number of rotatable bonds is 6. The molecule has 0 aliphatic carbocycles. The fourth-order valence-electron chi connectivity index (χ4n) is 1.99. The van der Waals surface area contributed by atoms with Crippen molar-refractivity contribution in [1.29, 1.82) is 0 Å². The smallest absolute Gasteiger partial charge is 0.0549 e. The molecule has 2 heteroatoms. The standard InChI is InChI=1S/C16H27NO/c1-13(18-5)11-15(12-17-16(2,3)4)14-9-7-6-8-10-14/h6-10,13,15,17H,11-12H2,1-5H3. The van der Waals surface area contributed by atoms with Crippen LogP contribution in [0.4, 0.5) is 0 Å². The summed E-state index contributed by atoms with van der Waals surface area (Å²) in [6.45, 7) is 9.73. The predicted molar refractivity (Wildman–Crippen MR) is 78.0 cm³/mol. The summed E-state index contributed by atoms with van der Waals surface area (Å²) in [4.78, 5) is 0. The third kappa shape index (κ3) is 5.65. The van der Waals surface area contributed by atoms with E-state index >= 15 is 0 Å². The van der Waals surface area contributed by atoms with E-state index < -0.39 is 0 Å². The van der Waals surface area contributed by atoms with Crippen molar-refractivity contribution in [1.82, 2.24) is 5.32 Å². The zero-order chi connectivity index (χ0) is 13.6. The molecule has 0 amide bonds. The van der Waals surface area contributed by atoms with Crippen molar-refractivity contribution >= 4 is 0 Å². The molecule has 0 spiro atoms. The van der Waals surface area contributed by atoms with Gasteiger partial charge in [-0.15, -0.1) is 0 Å². The third-order valence-corrected chi connectivity index (χ3v) is 3.17. The molecule has 2 unspecified atom stereocenters. The Bertz CT molecular complexity index is 329. The summed E-state index contributed by atoms with van der Waals surface area (Å²) < 4.78 is 5.41. The van der Waals surface area contributed by atoms with Gasteiger partial charge < -0.3 is 10.1 Å². The highest BCUT2D eigenvalue weighted by molar-refractivity contribution is 5.20. The molecule has 0 saturated heterocycles. The number of hydrogen-bond acceptors (Lipinski definition) is 2. The van der Waals surface area contributed by atoms with Crippen molar-refractivity contribution in [2.75, 3.05) is 13.7 Å². The molecule has 0 aromatic heterocycles. The van der Waals surface area contributed by atoms with Crippen molar-refractivity contribution in [3.05, 3.63) is 35.9 Å². The SMILES string of the molecule is COC(C)CC(CNC(C)(C)C)c1ccccc1. The molecule has 0 saturated carbocycles. The number of benzene rings is 1. The van der Waals surface area contributed by atoms with Gasteiger partial charge in [0.25, 0.3) is 0 Å². The van der Waals surface area contributed by atoms with E-state index in [1.165, 1.54) is 5.56 Å². The molecular weight excluding hydrogens is 222 g/mol. The Morgan fingerprint density at radius 2 is 1.78 bits per heavy atom. The van der Waals surface area contributed by atoms with Crippen LogP contribution in [0.5, 0.6) is 0 Å². The predicted octanol–water partition coefficient (Wildman–Crippen LogP) is 3.58. The van der Waals surface area contributed by atoms with Crippen LogP contribution in [0.2, 0.25) is 0 Å². The summed E-state index contributed by atoms with van der Waals surface area (Å²) in [5.74, 6) is 0.500. The van der Waals surface area contributed by atoms with Gasteiger partial charge in [-0.2, -0.15) is 0 Å². The first-order valence-corrected chi connectivity index (χ1v) is 6.75.